The van der Waals surface area contributed by atoms with E-state index in [1.165, 1.54) is 7.11 Å². The molecule has 24 heavy (non-hydrogen) atoms. The Morgan fingerprint density at radius 1 is 1.29 bits per heavy atom. The zero-order valence-electron chi connectivity index (χ0n) is 13.4. The molecule has 1 heterocycles. The van der Waals surface area contributed by atoms with Gasteiger partial charge in [-0.15, -0.1) is 10.2 Å². The van der Waals surface area contributed by atoms with Gasteiger partial charge in [0.15, 0.2) is 0 Å². The highest BCUT2D eigenvalue weighted by molar-refractivity contribution is 8.00. The van der Waals surface area contributed by atoms with Gasteiger partial charge in [0.1, 0.15) is 5.75 Å². The van der Waals surface area contributed by atoms with Crippen LogP contribution in [0.4, 0.5) is 4.79 Å². The highest BCUT2D eigenvalue weighted by Gasteiger charge is 2.20. The lowest BCUT2D eigenvalue weighted by molar-refractivity contribution is -0.119. The summed E-state index contributed by atoms with van der Waals surface area (Å²) in [6.45, 7) is 4.11. The Morgan fingerprint density at radius 2 is 2.00 bits per heavy atom. The number of methoxy groups -OCH3 is 1. The maximum Gasteiger partial charge on any atom is 0.413 e. The van der Waals surface area contributed by atoms with Gasteiger partial charge in [-0.1, -0.05) is 11.8 Å². The fraction of sp³-hybridized carbons (Fsp3) is 0.333. The second-order valence-corrected chi connectivity index (χ2v) is 5.86. The number of benzene rings is 1. The summed E-state index contributed by atoms with van der Waals surface area (Å²) < 4.78 is 15.3. The molecule has 2 rings (SSSR count). The first-order chi connectivity index (χ1) is 11.5. The molecule has 0 saturated carbocycles. The summed E-state index contributed by atoms with van der Waals surface area (Å²) in [4.78, 5) is 22.8. The number of hydrogen-bond donors (Lipinski definition) is 1. The van der Waals surface area contributed by atoms with E-state index in [-0.39, 0.29) is 5.22 Å². The second kappa shape index (κ2) is 8.34. The van der Waals surface area contributed by atoms with Gasteiger partial charge in [0.2, 0.25) is 11.8 Å². The predicted molar refractivity (Wildman–Crippen MR) is 86.8 cm³/mol. The molecule has 0 spiro atoms. The number of imide groups is 1. The number of amides is 2. The molecule has 9 heteroatoms. The average molecular weight is 351 g/mol. The van der Waals surface area contributed by atoms with Crippen molar-refractivity contribution in [3.63, 3.8) is 0 Å². The molecular weight excluding hydrogens is 334 g/mol. The van der Waals surface area contributed by atoms with Crippen molar-refractivity contribution in [1.82, 2.24) is 15.5 Å². The monoisotopic (exact) mass is 351 g/mol. The molecule has 0 fully saturated rings. The van der Waals surface area contributed by atoms with Gasteiger partial charge in [0.25, 0.3) is 5.22 Å². The van der Waals surface area contributed by atoms with Crippen LogP contribution >= 0.6 is 11.8 Å². The minimum atomic E-state index is -0.812. The Balaban J connectivity index is 1.99. The molecule has 128 valence electrons. The van der Waals surface area contributed by atoms with Crippen LogP contribution in [-0.2, 0) is 9.53 Å². The maximum atomic E-state index is 11.8. The number of rotatable bonds is 6. The predicted octanol–water partition coefficient (Wildman–Crippen LogP) is 2.50. The zero-order chi connectivity index (χ0) is 17.5. The number of aromatic nitrogens is 2. The van der Waals surface area contributed by atoms with Crippen LogP contribution < -0.4 is 10.1 Å². The highest BCUT2D eigenvalue weighted by atomic mass is 32.2. The Bertz CT molecular complexity index is 701. The van der Waals surface area contributed by atoms with E-state index in [9.17, 15) is 9.59 Å². The van der Waals surface area contributed by atoms with Gasteiger partial charge in [-0.2, -0.15) is 0 Å². The van der Waals surface area contributed by atoms with Crippen LogP contribution in [0.2, 0.25) is 0 Å². The lowest BCUT2D eigenvalue weighted by Gasteiger charge is -2.07. The van der Waals surface area contributed by atoms with E-state index in [0.717, 1.165) is 23.1 Å². The third-order valence-electron chi connectivity index (χ3n) is 2.88. The van der Waals surface area contributed by atoms with Crippen molar-refractivity contribution in [2.45, 2.75) is 24.3 Å². The van der Waals surface area contributed by atoms with Crippen molar-refractivity contribution >= 4 is 23.8 Å². The van der Waals surface area contributed by atoms with Crippen molar-refractivity contribution in [1.29, 1.82) is 0 Å². The normalized spacial score (nSPS) is 11.6. The largest absolute Gasteiger partial charge is 0.494 e. The molecule has 1 atom stereocenters. The summed E-state index contributed by atoms with van der Waals surface area (Å²) in [6, 6.07) is 7.23. The van der Waals surface area contributed by atoms with Gasteiger partial charge in [0.05, 0.1) is 19.0 Å². The number of ether oxygens (including phenoxy) is 2. The number of nitrogens with one attached hydrogen (secondary N) is 1. The molecule has 0 aliphatic rings. The summed E-state index contributed by atoms with van der Waals surface area (Å²) in [5.74, 6) is 0.581. The van der Waals surface area contributed by atoms with Crippen molar-refractivity contribution in [3.8, 4) is 17.2 Å². The molecule has 2 aromatic rings. The zero-order valence-corrected chi connectivity index (χ0v) is 14.3. The molecule has 0 radical (unpaired) electrons. The minimum absolute atomic E-state index is 0.228. The summed E-state index contributed by atoms with van der Waals surface area (Å²) in [5, 5.41) is 9.55. The van der Waals surface area contributed by atoms with E-state index in [4.69, 9.17) is 9.15 Å². The summed E-state index contributed by atoms with van der Waals surface area (Å²) in [6.07, 6.45) is -0.812. The number of nitrogens with zero attached hydrogens (tertiary/aromatic N) is 2. The maximum absolute atomic E-state index is 11.8. The van der Waals surface area contributed by atoms with Gasteiger partial charge >= 0.3 is 6.09 Å². The standard InChI is InChI=1S/C15H17N3O5S/c1-4-22-11-7-5-10(6-8-11)13-17-18-15(23-13)24-9(2)12(19)16-14(20)21-3/h5-9H,4H2,1-3H3,(H,16,19,20)/t9-/m1/s1. The van der Waals surface area contributed by atoms with Crippen LogP contribution in [0.1, 0.15) is 13.8 Å². The Hall–Kier alpha value is -2.55. The molecule has 0 unspecified atom stereocenters. The third kappa shape index (κ3) is 4.72. The number of thioether (sulfide) groups is 1. The molecule has 0 saturated heterocycles. The van der Waals surface area contributed by atoms with E-state index >= 15 is 0 Å². The third-order valence-corrected chi connectivity index (χ3v) is 3.81. The Morgan fingerprint density at radius 3 is 2.62 bits per heavy atom. The lowest BCUT2D eigenvalue weighted by atomic mass is 10.2. The smallest absolute Gasteiger partial charge is 0.413 e. The molecule has 1 aromatic carbocycles. The van der Waals surface area contributed by atoms with Crippen molar-refractivity contribution in [2.24, 2.45) is 0 Å². The van der Waals surface area contributed by atoms with Crippen LogP contribution in [0.25, 0.3) is 11.5 Å². The summed E-state index contributed by atoms with van der Waals surface area (Å²) in [5.41, 5.74) is 0.740. The van der Waals surface area contributed by atoms with Crippen LogP contribution in [0.15, 0.2) is 33.9 Å². The number of alkyl carbamates (subject to hydrolysis) is 1. The van der Waals surface area contributed by atoms with Crippen LogP contribution in [0, 0.1) is 0 Å². The second-order valence-electron chi connectivity index (χ2n) is 4.57. The lowest BCUT2D eigenvalue weighted by Crippen LogP contribution is -2.35. The summed E-state index contributed by atoms with van der Waals surface area (Å²) in [7, 11) is 1.18. The van der Waals surface area contributed by atoms with Crippen molar-refractivity contribution < 1.29 is 23.5 Å². The molecular formula is C15H17N3O5S. The van der Waals surface area contributed by atoms with E-state index in [0.29, 0.717) is 12.5 Å². The SMILES string of the molecule is CCOc1ccc(-c2nnc(S[C@H](C)C(=O)NC(=O)OC)o2)cc1. The van der Waals surface area contributed by atoms with E-state index in [1.807, 2.05) is 19.1 Å². The Labute approximate surface area is 142 Å². The molecule has 0 bridgehead atoms. The van der Waals surface area contributed by atoms with Crippen LogP contribution in [0.3, 0.4) is 0 Å². The quantitative estimate of drug-likeness (QED) is 0.792. The summed E-state index contributed by atoms with van der Waals surface area (Å²) >= 11 is 1.05. The number of carbonyl (C=O) groups excluding carboxylic acids is 2. The Kier molecular flexibility index (Phi) is 6.19. The van der Waals surface area contributed by atoms with E-state index in [2.05, 4.69) is 20.3 Å². The van der Waals surface area contributed by atoms with Crippen molar-refractivity contribution in [3.05, 3.63) is 24.3 Å². The van der Waals surface area contributed by atoms with Gasteiger partial charge in [-0.3, -0.25) is 10.1 Å². The fourth-order valence-electron chi connectivity index (χ4n) is 1.69. The fourth-order valence-corrected chi connectivity index (χ4v) is 2.38. The topological polar surface area (TPSA) is 104 Å². The first-order valence-electron chi connectivity index (χ1n) is 7.15. The average Bonchev–Trinajstić information content (AvgIpc) is 3.04. The van der Waals surface area contributed by atoms with Gasteiger partial charge in [0, 0.05) is 5.56 Å². The van der Waals surface area contributed by atoms with E-state index < -0.39 is 17.3 Å². The first kappa shape index (κ1) is 17.8. The van der Waals surface area contributed by atoms with Crippen LogP contribution in [-0.4, -0.2) is 41.2 Å². The molecule has 2 amide bonds. The highest BCUT2D eigenvalue weighted by Crippen LogP contribution is 2.27. The number of hydrogen-bond acceptors (Lipinski definition) is 8. The minimum Gasteiger partial charge on any atom is -0.494 e. The van der Waals surface area contributed by atoms with Gasteiger partial charge in [-0.25, -0.2) is 4.79 Å². The first-order valence-corrected chi connectivity index (χ1v) is 8.03. The molecule has 0 aliphatic carbocycles. The molecule has 1 N–H and O–H groups in total. The van der Waals surface area contributed by atoms with Gasteiger partial charge < -0.3 is 13.9 Å². The van der Waals surface area contributed by atoms with Crippen LogP contribution in [0.5, 0.6) is 5.75 Å². The molecule has 8 nitrogen and oxygen atoms in total. The number of carbonyl (C=O) groups is 2. The molecule has 0 aliphatic heterocycles. The van der Waals surface area contributed by atoms with Gasteiger partial charge in [-0.05, 0) is 38.1 Å². The molecule has 1 aromatic heterocycles. The van der Waals surface area contributed by atoms with Crippen molar-refractivity contribution in [2.75, 3.05) is 13.7 Å². The van der Waals surface area contributed by atoms with E-state index in [1.54, 1.807) is 19.1 Å².